The molecule has 0 fully saturated rings. The number of methoxy groups -OCH3 is 3. The van der Waals surface area contributed by atoms with E-state index >= 15 is 0 Å². The largest absolute Gasteiger partial charge is 0.493 e. The van der Waals surface area contributed by atoms with Gasteiger partial charge in [0.2, 0.25) is 5.75 Å². The Kier molecular flexibility index (Phi) is 6.54. The lowest BCUT2D eigenvalue weighted by molar-refractivity contribution is -0.117. The Morgan fingerprint density at radius 3 is 2.17 bits per heavy atom. The summed E-state index contributed by atoms with van der Waals surface area (Å²) in [4.78, 5) is 24.6. The summed E-state index contributed by atoms with van der Waals surface area (Å²) in [5.74, 6) is 0.0526. The number of hydrazine groups is 1. The minimum atomic E-state index is -0.527. The Balaban J connectivity index is 1.69. The molecule has 0 saturated carbocycles. The molecule has 2 N–H and O–H groups in total. The molecule has 30 heavy (non-hydrogen) atoms. The molecule has 2 amide bonds. The van der Waals surface area contributed by atoms with Crippen molar-refractivity contribution < 1.29 is 23.8 Å². The van der Waals surface area contributed by atoms with Gasteiger partial charge in [-0.25, -0.2) is 0 Å². The van der Waals surface area contributed by atoms with Crippen molar-refractivity contribution in [2.24, 2.45) is 0 Å². The van der Waals surface area contributed by atoms with Crippen LogP contribution in [0.15, 0.2) is 60.7 Å². The number of carbonyl (C=O) groups excluding carboxylic acids is 2. The highest BCUT2D eigenvalue weighted by Gasteiger charge is 2.17. The van der Waals surface area contributed by atoms with Crippen LogP contribution in [0.5, 0.6) is 17.2 Å². The summed E-state index contributed by atoms with van der Waals surface area (Å²) in [6.45, 7) is 0. The molecule has 0 aliphatic rings. The molecule has 0 aliphatic heterocycles. The Labute approximate surface area is 174 Å². The molecular formula is C23H22N2O5. The zero-order valence-corrected chi connectivity index (χ0v) is 16.9. The fraction of sp³-hybridized carbons (Fsp3) is 0.130. The number of amides is 2. The summed E-state index contributed by atoms with van der Waals surface area (Å²) in [7, 11) is 4.39. The number of hydrogen-bond donors (Lipinski definition) is 2. The average molecular weight is 406 g/mol. The van der Waals surface area contributed by atoms with E-state index in [-0.39, 0.29) is 5.56 Å². The minimum Gasteiger partial charge on any atom is -0.493 e. The number of fused-ring (bicyclic) bond motifs is 1. The third-order valence-corrected chi connectivity index (χ3v) is 4.46. The van der Waals surface area contributed by atoms with E-state index in [4.69, 9.17) is 14.2 Å². The van der Waals surface area contributed by atoms with Crippen molar-refractivity contribution in [2.45, 2.75) is 0 Å². The summed E-state index contributed by atoms with van der Waals surface area (Å²) in [6.07, 6.45) is 3.06. The smallest absolute Gasteiger partial charge is 0.269 e. The van der Waals surface area contributed by atoms with E-state index in [0.29, 0.717) is 17.2 Å². The Bertz CT molecular complexity index is 1080. The molecule has 0 spiro atoms. The SMILES string of the molecule is COc1cc(C(=O)NNC(=O)C=Cc2cccc3ccccc23)cc(OC)c1OC. The van der Waals surface area contributed by atoms with Crippen LogP contribution >= 0.6 is 0 Å². The fourth-order valence-electron chi connectivity index (χ4n) is 3.01. The minimum absolute atomic E-state index is 0.239. The van der Waals surface area contributed by atoms with Gasteiger partial charge in [0.1, 0.15) is 0 Å². The van der Waals surface area contributed by atoms with Crippen molar-refractivity contribution >= 4 is 28.7 Å². The van der Waals surface area contributed by atoms with E-state index in [1.807, 2.05) is 42.5 Å². The molecule has 0 saturated heterocycles. The van der Waals surface area contributed by atoms with Crippen molar-refractivity contribution in [3.8, 4) is 17.2 Å². The maximum absolute atomic E-state index is 12.4. The van der Waals surface area contributed by atoms with Crippen LogP contribution in [0.2, 0.25) is 0 Å². The van der Waals surface area contributed by atoms with Crippen molar-refractivity contribution in [1.29, 1.82) is 0 Å². The summed E-state index contributed by atoms with van der Waals surface area (Å²) in [5.41, 5.74) is 5.88. The number of benzene rings is 3. The predicted molar refractivity (Wildman–Crippen MR) is 115 cm³/mol. The zero-order chi connectivity index (χ0) is 21.5. The van der Waals surface area contributed by atoms with Gasteiger partial charge in [0, 0.05) is 11.6 Å². The summed E-state index contributed by atoms with van der Waals surface area (Å²) < 4.78 is 15.7. The first-order valence-electron chi connectivity index (χ1n) is 9.13. The van der Waals surface area contributed by atoms with Gasteiger partial charge in [0.15, 0.2) is 11.5 Å². The van der Waals surface area contributed by atoms with Gasteiger partial charge in [0.05, 0.1) is 21.3 Å². The molecule has 0 radical (unpaired) electrons. The van der Waals surface area contributed by atoms with E-state index < -0.39 is 11.8 Å². The third-order valence-electron chi connectivity index (χ3n) is 4.46. The second-order valence-corrected chi connectivity index (χ2v) is 6.26. The van der Waals surface area contributed by atoms with E-state index in [9.17, 15) is 9.59 Å². The molecule has 7 nitrogen and oxygen atoms in total. The molecule has 154 valence electrons. The molecule has 7 heteroatoms. The predicted octanol–water partition coefficient (Wildman–Crippen LogP) is 3.34. The average Bonchev–Trinajstić information content (AvgIpc) is 2.79. The van der Waals surface area contributed by atoms with Crippen molar-refractivity contribution in [3.63, 3.8) is 0 Å². The van der Waals surface area contributed by atoms with Gasteiger partial charge in [-0.3, -0.25) is 20.4 Å². The molecular weight excluding hydrogens is 384 g/mol. The molecule has 3 aromatic carbocycles. The molecule has 3 aromatic rings. The lowest BCUT2D eigenvalue weighted by Crippen LogP contribution is -2.40. The van der Waals surface area contributed by atoms with E-state index in [2.05, 4.69) is 10.9 Å². The standard InChI is InChI=1S/C23H22N2O5/c1-28-19-13-17(14-20(29-2)22(19)30-3)23(27)25-24-21(26)12-11-16-9-6-8-15-7-4-5-10-18(15)16/h4-14H,1-3H3,(H,24,26)(H,25,27). The number of hydrogen-bond acceptors (Lipinski definition) is 5. The van der Waals surface area contributed by atoms with Gasteiger partial charge in [-0.1, -0.05) is 42.5 Å². The van der Waals surface area contributed by atoms with Gasteiger partial charge < -0.3 is 14.2 Å². The summed E-state index contributed by atoms with van der Waals surface area (Å²) in [5, 5.41) is 2.11. The quantitative estimate of drug-likeness (QED) is 0.484. The van der Waals surface area contributed by atoms with Crippen molar-refractivity contribution in [1.82, 2.24) is 10.9 Å². The van der Waals surface area contributed by atoms with E-state index in [0.717, 1.165) is 16.3 Å². The fourth-order valence-corrected chi connectivity index (χ4v) is 3.01. The van der Waals surface area contributed by atoms with Crippen LogP contribution in [0, 0.1) is 0 Å². The number of carbonyl (C=O) groups is 2. The second-order valence-electron chi connectivity index (χ2n) is 6.26. The third kappa shape index (κ3) is 4.52. The molecule has 3 rings (SSSR count). The Morgan fingerprint density at radius 2 is 1.50 bits per heavy atom. The van der Waals surface area contributed by atoms with Crippen LogP contribution in [-0.2, 0) is 4.79 Å². The van der Waals surface area contributed by atoms with Crippen LogP contribution in [-0.4, -0.2) is 33.1 Å². The second kappa shape index (κ2) is 9.47. The first-order chi connectivity index (χ1) is 14.6. The highest BCUT2D eigenvalue weighted by atomic mass is 16.5. The highest BCUT2D eigenvalue weighted by molar-refractivity contribution is 6.00. The van der Waals surface area contributed by atoms with Gasteiger partial charge in [-0.15, -0.1) is 0 Å². The highest BCUT2D eigenvalue weighted by Crippen LogP contribution is 2.38. The number of rotatable bonds is 6. The lowest BCUT2D eigenvalue weighted by Gasteiger charge is -2.14. The Morgan fingerprint density at radius 1 is 0.833 bits per heavy atom. The van der Waals surface area contributed by atoms with Gasteiger partial charge in [-0.2, -0.15) is 0 Å². The van der Waals surface area contributed by atoms with E-state index in [1.165, 1.54) is 39.5 Å². The zero-order valence-electron chi connectivity index (χ0n) is 16.9. The van der Waals surface area contributed by atoms with Crippen molar-refractivity contribution in [2.75, 3.05) is 21.3 Å². The van der Waals surface area contributed by atoms with Gasteiger partial charge >= 0.3 is 0 Å². The van der Waals surface area contributed by atoms with E-state index in [1.54, 1.807) is 6.08 Å². The Hall–Kier alpha value is -4.00. The number of ether oxygens (including phenoxy) is 3. The maximum atomic E-state index is 12.4. The summed E-state index contributed by atoms with van der Waals surface area (Å²) in [6, 6.07) is 16.7. The summed E-state index contributed by atoms with van der Waals surface area (Å²) >= 11 is 0. The first kappa shape index (κ1) is 20.7. The van der Waals surface area contributed by atoms with Crippen LogP contribution in [0.25, 0.3) is 16.8 Å². The lowest BCUT2D eigenvalue weighted by atomic mass is 10.0. The maximum Gasteiger partial charge on any atom is 0.269 e. The molecule has 0 atom stereocenters. The number of nitrogens with one attached hydrogen (secondary N) is 2. The first-order valence-corrected chi connectivity index (χ1v) is 9.13. The van der Waals surface area contributed by atoms with Gasteiger partial charge in [-0.05, 0) is 34.5 Å². The normalized spacial score (nSPS) is 10.6. The molecule has 0 bridgehead atoms. The monoisotopic (exact) mass is 406 g/mol. The van der Waals surface area contributed by atoms with Gasteiger partial charge in [0.25, 0.3) is 11.8 Å². The van der Waals surface area contributed by atoms with Crippen LogP contribution in [0.1, 0.15) is 15.9 Å². The molecule has 0 unspecified atom stereocenters. The molecule has 0 aromatic heterocycles. The van der Waals surface area contributed by atoms with Crippen LogP contribution < -0.4 is 25.1 Å². The van der Waals surface area contributed by atoms with Crippen LogP contribution in [0.4, 0.5) is 0 Å². The molecule has 0 aliphatic carbocycles. The molecule has 0 heterocycles. The topological polar surface area (TPSA) is 85.9 Å². The van der Waals surface area contributed by atoms with Crippen molar-refractivity contribution in [3.05, 3.63) is 71.8 Å². The van der Waals surface area contributed by atoms with Crippen LogP contribution in [0.3, 0.4) is 0 Å².